The number of nitrogen functional groups attached to an aromatic ring is 1. The Kier molecular flexibility index (Phi) is 4.48. The van der Waals surface area contributed by atoms with Crippen LogP contribution in [0.2, 0.25) is 0 Å². The lowest BCUT2D eigenvalue weighted by atomic mass is 10.0. The van der Waals surface area contributed by atoms with E-state index in [1.807, 2.05) is 0 Å². The molecule has 1 aliphatic heterocycles. The topological polar surface area (TPSA) is 126 Å². The van der Waals surface area contributed by atoms with E-state index in [1.54, 1.807) is 12.1 Å². The van der Waals surface area contributed by atoms with Crippen molar-refractivity contribution < 1.29 is 27.9 Å². The number of rotatable bonds is 3. The number of nitrogens with one attached hydrogen (secondary N) is 1. The number of alkyl halides is 3. The van der Waals surface area contributed by atoms with Gasteiger partial charge in [0.1, 0.15) is 17.5 Å². The summed E-state index contributed by atoms with van der Waals surface area (Å²) < 4.78 is 40.8. The average molecular weight is 420 g/mol. The Bertz CT molecular complexity index is 1160. The Balaban J connectivity index is 1.59. The second-order valence-corrected chi connectivity index (χ2v) is 6.73. The third-order valence-electron chi connectivity index (χ3n) is 4.81. The molecule has 0 spiro atoms. The maximum absolute atomic E-state index is 13.1. The molecule has 1 unspecified atom stereocenters. The summed E-state index contributed by atoms with van der Waals surface area (Å²) >= 11 is 0. The number of fused-ring (bicyclic) bond motifs is 1. The molecule has 1 atom stereocenters. The molecule has 4 heterocycles. The number of nitrogens with zero attached hydrogens (tertiary/aromatic N) is 4. The number of urea groups is 1. The summed E-state index contributed by atoms with van der Waals surface area (Å²) in [5, 5.41) is 11.6. The molecule has 1 aliphatic rings. The van der Waals surface area contributed by atoms with Crippen molar-refractivity contribution in [2.24, 2.45) is 0 Å². The SMILES string of the molecule is Nc1ncc(-c2ccc3nc(NC(=O)N4CCC4C(=O)O)cn3c2)cc1C(F)(F)F. The molecule has 3 aromatic rings. The van der Waals surface area contributed by atoms with Crippen molar-refractivity contribution in [3.63, 3.8) is 0 Å². The normalized spacial score (nSPS) is 16.4. The molecular formula is C18H15F3N6O3. The number of nitrogens with two attached hydrogens (primary N) is 1. The first-order valence-corrected chi connectivity index (χ1v) is 8.76. The highest BCUT2D eigenvalue weighted by molar-refractivity contribution is 5.93. The van der Waals surface area contributed by atoms with Crippen LogP contribution in [0.25, 0.3) is 16.8 Å². The van der Waals surface area contributed by atoms with Crippen LogP contribution in [0.5, 0.6) is 0 Å². The minimum absolute atomic E-state index is 0.180. The largest absolute Gasteiger partial charge is 0.480 e. The number of aliphatic carboxylic acids is 1. The fourth-order valence-corrected chi connectivity index (χ4v) is 3.15. The molecule has 9 nitrogen and oxygen atoms in total. The van der Waals surface area contributed by atoms with Crippen molar-refractivity contribution in [1.82, 2.24) is 19.3 Å². The molecule has 4 N–H and O–H groups in total. The van der Waals surface area contributed by atoms with Crippen LogP contribution in [-0.2, 0) is 11.0 Å². The van der Waals surface area contributed by atoms with E-state index in [9.17, 15) is 22.8 Å². The number of hydrogen-bond acceptors (Lipinski definition) is 5. The van der Waals surface area contributed by atoms with Gasteiger partial charge < -0.3 is 20.1 Å². The molecule has 2 amide bonds. The van der Waals surface area contributed by atoms with Gasteiger partial charge in [0.2, 0.25) is 0 Å². The zero-order valence-electron chi connectivity index (χ0n) is 15.2. The average Bonchev–Trinajstić information content (AvgIpc) is 3.00. The van der Waals surface area contributed by atoms with Gasteiger partial charge in [0.05, 0.1) is 11.8 Å². The lowest BCUT2D eigenvalue weighted by molar-refractivity contribution is -0.145. The Morgan fingerprint density at radius 3 is 2.63 bits per heavy atom. The molecule has 1 fully saturated rings. The third-order valence-corrected chi connectivity index (χ3v) is 4.81. The maximum Gasteiger partial charge on any atom is 0.419 e. The second kappa shape index (κ2) is 6.90. The van der Waals surface area contributed by atoms with E-state index >= 15 is 0 Å². The molecule has 30 heavy (non-hydrogen) atoms. The molecule has 3 aromatic heterocycles. The van der Waals surface area contributed by atoms with Crippen molar-refractivity contribution in [3.8, 4) is 11.1 Å². The fraction of sp³-hybridized carbons (Fsp3) is 0.222. The summed E-state index contributed by atoms with van der Waals surface area (Å²) in [5.41, 5.74) is 5.39. The zero-order chi connectivity index (χ0) is 21.6. The number of carboxylic acid groups (broad SMARTS) is 1. The van der Waals surface area contributed by atoms with Gasteiger partial charge in [0.15, 0.2) is 5.82 Å². The highest BCUT2D eigenvalue weighted by Gasteiger charge is 2.38. The molecule has 0 radical (unpaired) electrons. The minimum Gasteiger partial charge on any atom is -0.480 e. The van der Waals surface area contributed by atoms with Gasteiger partial charge in [-0.15, -0.1) is 0 Å². The van der Waals surface area contributed by atoms with Crippen molar-refractivity contribution in [2.75, 3.05) is 17.6 Å². The minimum atomic E-state index is -4.63. The Morgan fingerprint density at radius 2 is 2.00 bits per heavy atom. The summed E-state index contributed by atoms with van der Waals surface area (Å²) in [7, 11) is 0. The number of aromatic nitrogens is 3. The fourth-order valence-electron chi connectivity index (χ4n) is 3.15. The van der Waals surface area contributed by atoms with E-state index in [-0.39, 0.29) is 11.4 Å². The van der Waals surface area contributed by atoms with Gasteiger partial charge in [-0.2, -0.15) is 13.2 Å². The number of anilines is 2. The standard InChI is InChI=1S/C18H15F3N6O3/c19-18(20,21)11-5-10(6-23-15(11)22)9-1-2-14-24-13(8-26(14)7-9)25-17(30)27-4-3-12(27)16(28)29/h1-2,5-8,12H,3-4H2,(H2,22,23)(H,25,30)(H,28,29). The van der Waals surface area contributed by atoms with Gasteiger partial charge in [0.25, 0.3) is 0 Å². The Labute approximate surface area is 166 Å². The first-order valence-electron chi connectivity index (χ1n) is 8.76. The van der Waals surface area contributed by atoms with Crippen LogP contribution in [-0.4, -0.2) is 49.0 Å². The van der Waals surface area contributed by atoms with E-state index in [2.05, 4.69) is 15.3 Å². The van der Waals surface area contributed by atoms with Gasteiger partial charge >= 0.3 is 18.2 Å². The van der Waals surface area contributed by atoms with Crippen LogP contribution in [0.4, 0.5) is 29.6 Å². The number of halogens is 3. The summed E-state index contributed by atoms with van der Waals surface area (Å²) in [4.78, 5) is 32.3. The lowest BCUT2D eigenvalue weighted by Crippen LogP contribution is -2.56. The van der Waals surface area contributed by atoms with Crippen molar-refractivity contribution >= 4 is 29.3 Å². The van der Waals surface area contributed by atoms with Gasteiger partial charge in [0, 0.05) is 30.1 Å². The van der Waals surface area contributed by atoms with Gasteiger partial charge in [-0.05, 0) is 24.6 Å². The number of imidazole rings is 1. The first-order chi connectivity index (χ1) is 14.1. The number of carbonyl (C=O) groups excluding carboxylic acids is 1. The number of amides is 2. The summed E-state index contributed by atoms with van der Waals surface area (Å²) in [6.07, 6.45) is -0.000858. The summed E-state index contributed by atoms with van der Waals surface area (Å²) in [5.74, 6) is -1.50. The van der Waals surface area contributed by atoms with Crippen LogP contribution in [0.3, 0.4) is 0 Å². The molecule has 1 saturated heterocycles. The predicted octanol–water partition coefficient (Wildman–Crippen LogP) is 2.69. The van der Waals surface area contributed by atoms with E-state index in [0.29, 0.717) is 24.2 Å². The van der Waals surface area contributed by atoms with E-state index in [1.165, 1.54) is 27.9 Å². The van der Waals surface area contributed by atoms with Crippen LogP contribution < -0.4 is 11.1 Å². The van der Waals surface area contributed by atoms with Crippen molar-refractivity contribution in [3.05, 3.63) is 42.4 Å². The summed E-state index contributed by atoms with van der Waals surface area (Å²) in [6, 6.07) is 2.60. The third kappa shape index (κ3) is 3.47. The molecule has 0 saturated carbocycles. The number of carbonyl (C=O) groups is 2. The quantitative estimate of drug-likeness (QED) is 0.598. The smallest absolute Gasteiger partial charge is 0.419 e. The molecule has 0 aliphatic carbocycles. The van der Waals surface area contributed by atoms with Gasteiger partial charge in [-0.3, -0.25) is 5.32 Å². The van der Waals surface area contributed by atoms with Gasteiger partial charge in [-0.25, -0.2) is 19.6 Å². The molecular weight excluding hydrogens is 405 g/mol. The lowest BCUT2D eigenvalue weighted by Gasteiger charge is -2.37. The second-order valence-electron chi connectivity index (χ2n) is 6.73. The van der Waals surface area contributed by atoms with Crippen LogP contribution in [0, 0.1) is 0 Å². The molecule has 0 bridgehead atoms. The highest BCUT2D eigenvalue weighted by Crippen LogP contribution is 2.35. The van der Waals surface area contributed by atoms with Crippen LogP contribution >= 0.6 is 0 Å². The molecule has 0 aromatic carbocycles. The van der Waals surface area contributed by atoms with E-state index in [0.717, 1.165) is 6.07 Å². The zero-order valence-corrected chi connectivity index (χ0v) is 15.2. The van der Waals surface area contributed by atoms with Crippen molar-refractivity contribution in [1.29, 1.82) is 0 Å². The number of carboxylic acids is 1. The van der Waals surface area contributed by atoms with E-state index in [4.69, 9.17) is 10.8 Å². The van der Waals surface area contributed by atoms with Crippen LogP contribution in [0.1, 0.15) is 12.0 Å². The highest BCUT2D eigenvalue weighted by atomic mass is 19.4. The number of likely N-dealkylation sites (tertiary alicyclic amines) is 1. The summed E-state index contributed by atoms with van der Waals surface area (Å²) in [6.45, 7) is 0.325. The molecule has 4 rings (SSSR count). The molecule has 156 valence electrons. The Morgan fingerprint density at radius 1 is 1.23 bits per heavy atom. The van der Waals surface area contributed by atoms with Crippen LogP contribution in [0.15, 0.2) is 36.8 Å². The number of pyridine rings is 2. The predicted molar refractivity (Wildman–Crippen MR) is 99.6 cm³/mol. The monoisotopic (exact) mass is 420 g/mol. The van der Waals surface area contributed by atoms with E-state index < -0.39 is 35.6 Å². The van der Waals surface area contributed by atoms with Crippen molar-refractivity contribution in [2.45, 2.75) is 18.6 Å². The Hall–Kier alpha value is -3.83. The maximum atomic E-state index is 13.1. The number of hydrogen-bond donors (Lipinski definition) is 3. The van der Waals surface area contributed by atoms with Gasteiger partial charge in [-0.1, -0.05) is 0 Å². The first kappa shape index (κ1) is 19.5. The molecule has 12 heteroatoms.